The molecule has 174 valence electrons. The fraction of sp³-hybridized carbons (Fsp3) is 0.522. The molecule has 0 aliphatic heterocycles. The van der Waals surface area contributed by atoms with Crippen LogP contribution in [0.2, 0.25) is 0 Å². The van der Waals surface area contributed by atoms with Gasteiger partial charge in [-0.3, -0.25) is 19.2 Å². The lowest BCUT2D eigenvalue weighted by Crippen LogP contribution is -2.40. The van der Waals surface area contributed by atoms with E-state index in [0.29, 0.717) is 17.6 Å². The molecule has 0 aromatic heterocycles. The van der Waals surface area contributed by atoms with Crippen LogP contribution in [-0.2, 0) is 38.2 Å². The standard InChI is InChI=1S/C23H28O9/c1-5-30-21(26)18-16(13-8-10-14(29-4)11-9-13)15(12-24)17(20(18)25)19(22(27)31-6-2)23(28)32-7-3/h8-12,15-19H,5-7H2,1-4H3/t15-,16-,17-,18+/m1/s1. The van der Waals surface area contributed by atoms with Gasteiger partial charge in [0, 0.05) is 11.8 Å². The Balaban J connectivity index is 2.62. The molecule has 0 unspecified atom stereocenters. The fourth-order valence-electron chi connectivity index (χ4n) is 4.16. The lowest BCUT2D eigenvalue weighted by atomic mass is 9.78. The highest BCUT2D eigenvalue weighted by molar-refractivity contribution is 6.10. The Hall–Kier alpha value is -3.23. The number of carbonyl (C=O) groups is 5. The van der Waals surface area contributed by atoms with E-state index < -0.39 is 53.3 Å². The van der Waals surface area contributed by atoms with Gasteiger partial charge in [-0.1, -0.05) is 12.1 Å². The summed E-state index contributed by atoms with van der Waals surface area (Å²) in [5.74, 6) is -9.50. The van der Waals surface area contributed by atoms with Gasteiger partial charge in [0.05, 0.1) is 32.8 Å². The minimum absolute atomic E-state index is 0.0214. The molecule has 0 spiro atoms. The van der Waals surface area contributed by atoms with Crippen molar-refractivity contribution in [1.29, 1.82) is 0 Å². The van der Waals surface area contributed by atoms with E-state index in [2.05, 4.69) is 0 Å². The number of methoxy groups -OCH3 is 1. The van der Waals surface area contributed by atoms with Crippen molar-refractivity contribution in [3.8, 4) is 5.75 Å². The predicted octanol–water partition coefficient (Wildman–Crippen LogP) is 1.71. The van der Waals surface area contributed by atoms with Gasteiger partial charge in [-0.15, -0.1) is 0 Å². The number of ketones is 1. The summed E-state index contributed by atoms with van der Waals surface area (Å²) in [5, 5.41) is 0. The van der Waals surface area contributed by atoms with E-state index in [1.807, 2.05) is 0 Å². The van der Waals surface area contributed by atoms with Crippen LogP contribution >= 0.6 is 0 Å². The molecule has 2 rings (SSSR count). The minimum atomic E-state index is -1.67. The summed E-state index contributed by atoms with van der Waals surface area (Å²) in [5.41, 5.74) is 0.503. The smallest absolute Gasteiger partial charge is 0.321 e. The number of benzene rings is 1. The lowest BCUT2D eigenvalue weighted by Gasteiger charge is -2.24. The van der Waals surface area contributed by atoms with Crippen molar-refractivity contribution in [3.05, 3.63) is 29.8 Å². The summed E-state index contributed by atoms with van der Waals surface area (Å²) in [6.45, 7) is 4.64. The van der Waals surface area contributed by atoms with Gasteiger partial charge in [0.25, 0.3) is 0 Å². The largest absolute Gasteiger partial charge is 0.497 e. The fourth-order valence-corrected chi connectivity index (χ4v) is 4.16. The molecule has 1 aliphatic rings. The highest BCUT2D eigenvalue weighted by Gasteiger charge is 2.60. The first-order chi connectivity index (χ1) is 15.4. The molecule has 1 fully saturated rings. The molecule has 4 atom stereocenters. The molecular formula is C23H28O9. The van der Waals surface area contributed by atoms with E-state index in [9.17, 15) is 24.0 Å². The second-order valence-corrected chi connectivity index (χ2v) is 7.15. The molecule has 1 aromatic rings. The molecule has 1 aliphatic carbocycles. The molecule has 0 radical (unpaired) electrons. The maximum Gasteiger partial charge on any atom is 0.321 e. The van der Waals surface area contributed by atoms with Crippen LogP contribution in [0, 0.1) is 23.7 Å². The monoisotopic (exact) mass is 448 g/mol. The van der Waals surface area contributed by atoms with E-state index in [0.717, 1.165) is 0 Å². The average Bonchev–Trinajstić information content (AvgIpc) is 3.06. The van der Waals surface area contributed by atoms with E-state index in [1.165, 1.54) is 7.11 Å². The van der Waals surface area contributed by atoms with Crippen molar-refractivity contribution < 1.29 is 42.9 Å². The van der Waals surface area contributed by atoms with Crippen molar-refractivity contribution >= 4 is 30.0 Å². The molecule has 0 amide bonds. The van der Waals surface area contributed by atoms with E-state index in [1.54, 1.807) is 45.0 Å². The van der Waals surface area contributed by atoms with Crippen LogP contribution < -0.4 is 4.74 Å². The highest BCUT2D eigenvalue weighted by Crippen LogP contribution is 2.48. The molecule has 0 bridgehead atoms. The Morgan fingerprint density at radius 1 is 0.938 bits per heavy atom. The summed E-state index contributed by atoms with van der Waals surface area (Å²) in [6, 6.07) is 6.52. The second kappa shape index (κ2) is 11.4. The number of carbonyl (C=O) groups excluding carboxylic acids is 5. The first-order valence-corrected chi connectivity index (χ1v) is 10.5. The molecule has 32 heavy (non-hydrogen) atoms. The summed E-state index contributed by atoms with van der Waals surface area (Å²) < 4.78 is 20.2. The van der Waals surface area contributed by atoms with Crippen LogP contribution in [0.1, 0.15) is 32.3 Å². The molecule has 9 nitrogen and oxygen atoms in total. The van der Waals surface area contributed by atoms with Gasteiger partial charge >= 0.3 is 17.9 Å². The van der Waals surface area contributed by atoms with Gasteiger partial charge in [0.1, 0.15) is 18.0 Å². The van der Waals surface area contributed by atoms with Crippen molar-refractivity contribution in [2.45, 2.75) is 26.7 Å². The highest BCUT2D eigenvalue weighted by atomic mass is 16.6. The van der Waals surface area contributed by atoms with Crippen LogP contribution in [0.4, 0.5) is 0 Å². The Kier molecular flexibility index (Phi) is 8.92. The molecule has 1 saturated carbocycles. The van der Waals surface area contributed by atoms with Gasteiger partial charge < -0.3 is 23.7 Å². The summed E-state index contributed by atoms with van der Waals surface area (Å²) in [7, 11) is 1.49. The van der Waals surface area contributed by atoms with E-state index in [4.69, 9.17) is 18.9 Å². The Bertz CT molecular complexity index is 828. The summed E-state index contributed by atoms with van der Waals surface area (Å²) in [6.07, 6.45) is 0.502. The topological polar surface area (TPSA) is 122 Å². The third-order valence-electron chi connectivity index (χ3n) is 5.46. The Labute approximate surface area is 186 Å². The molecule has 0 heterocycles. The van der Waals surface area contributed by atoms with Crippen LogP contribution in [0.25, 0.3) is 0 Å². The third-order valence-corrected chi connectivity index (χ3v) is 5.46. The molecule has 0 saturated heterocycles. The molecular weight excluding hydrogens is 420 g/mol. The van der Waals surface area contributed by atoms with Crippen LogP contribution in [-0.4, -0.2) is 56.9 Å². The summed E-state index contributed by atoms with van der Waals surface area (Å²) >= 11 is 0. The Morgan fingerprint density at radius 3 is 1.91 bits per heavy atom. The number of rotatable bonds is 10. The quantitative estimate of drug-likeness (QED) is 0.228. The lowest BCUT2D eigenvalue weighted by molar-refractivity contribution is -0.167. The summed E-state index contributed by atoms with van der Waals surface area (Å²) in [4.78, 5) is 63.8. The second-order valence-electron chi connectivity index (χ2n) is 7.15. The number of hydrogen-bond donors (Lipinski definition) is 0. The SMILES string of the molecule is CCOC(=O)C(C(=O)OCC)[C@@H]1C(=O)[C@@H](C(=O)OCC)[C@H](c2ccc(OC)cc2)[C@H]1C=O. The van der Waals surface area contributed by atoms with Crippen molar-refractivity contribution in [3.63, 3.8) is 0 Å². The zero-order valence-corrected chi connectivity index (χ0v) is 18.6. The van der Waals surface area contributed by atoms with Crippen molar-refractivity contribution in [1.82, 2.24) is 0 Å². The molecule has 1 aromatic carbocycles. The van der Waals surface area contributed by atoms with Crippen molar-refractivity contribution in [2.75, 3.05) is 26.9 Å². The zero-order chi connectivity index (χ0) is 23.8. The number of Topliss-reactive ketones (excluding diaryl/α,β-unsaturated/α-hetero) is 1. The maximum atomic E-state index is 13.5. The molecule has 0 N–H and O–H groups in total. The average molecular weight is 448 g/mol. The van der Waals surface area contributed by atoms with Gasteiger partial charge in [-0.2, -0.15) is 0 Å². The Morgan fingerprint density at radius 2 is 1.47 bits per heavy atom. The maximum absolute atomic E-state index is 13.5. The van der Waals surface area contributed by atoms with Crippen LogP contribution in [0.3, 0.4) is 0 Å². The minimum Gasteiger partial charge on any atom is -0.497 e. The normalized spacial score (nSPS) is 22.3. The predicted molar refractivity (Wildman–Crippen MR) is 111 cm³/mol. The van der Waals surface area contributed by atoms with Crippen LogP contribution in [0.5, 0.6) is 5.75 Å². The first kappa shape index (κ1) is 25.0. The number of esters is 3. The zero-order valence-electron chi connectivity index (χ0n) is 18.6. The third kappa shape index (κ3) is 4.98. The van der Waals surface area contributed by atoms with Gasteiger partial charge in [-0.05, 0) is 38.5 Å². The van der Waals surface area contributed by atoms with Crippen molar-refractivity contribution in [2.24, 2.45) is 23.7 Å². The van der Waals surface area contributed by atoms with Gasteiger partial charge in [0.2, 0.25) is 0 Å². The molecule has 9 heteroatoms. The van der Waals surface area contributed by atoms with E-state index in [-0.39, 0.29) is 19.8 Å². The number of hydrogen-bond acceptors (Lipinski definition) is 9. The van der Waals surface area contributed by atoms with Crippen LogP contribution in [0.15, 0.2) is 24.3 Å². The van der Waals surface area contributed by atoms with Gasteiger partial charge in [0.15, 0.2) is 11.7 Å². The first-order valence-electron chi connectivity index (χ1n) is 10.5. The number of ether oxygens (including phenoxy) is 4. The van der Waals surface area contributed by atoms with E-state index >= 15 is 0 Å². The van der Waals surface area contributed by atoms with Gasteiger partial charge in [-0.25, -0.2) is 0 Å². The number of aldehydes is 1.